The molecular weight excluding hydrogens is 262 g/mol. The maximum Gasteiger partial charge on any atom is 0.408 e. The number of hydrogen-bond acceptors (Lipinski definition) is 4. The number of carboxylic acid groups (broad SMARTS) is 1. The molecule has 1 aromatic heterocycles. The summed E-state index contributed by atoms with van der Waals surface area (Å²) in [7, 11) is 0. The maximum absolute atomic E-state index is 11.6. The van der Waals surface area contributed by atoms with Crippen LogP contribution in [0, 0.1) is 0 Å². The highest BCUT2D eigenvalue weighted by Gasteiger charge is 2.23. The van der Waals surface area contributed by atoms with Crippen molar-refractivity contribution in [2.75, 3.05) is 0 Å². The number of carboxylic acids is 1. The molecule has 0 saturated heterocycles. The topological polar surface area (TPSA) is 88.8 Å². The summed E-state index contributed by atoms with van der Waals surface area (Å²) in [4.78, 5) is 22.7. The second-order valence-corrected chi connectivity index (χ2v) is 4.03. The molecule has 1 amide bonds. The minimum atomic E-state index is -1.20. The SMILES string of the molecule is O=C(NC(C(=O)O)c1ccoc1)OCc1ccccc1. The summed E-state index contributed by atoms with van der Waals surface area (Å²) in [6.45, 7) is 0.0738. The molecule has 0 aliphatic rings. The number of amides is 1. The van der Waals surface area contributed by atoms with Crippen LogP contribution >= 0.6 is 0 Å². The molecule has 1 atom stereocenters. The number of nitrogens with one attached hydrogen (secondary N) is 1. The van der Waals surface area contributed by atoms with Gasteiger partial charge in [-0.25, -0.2) is 9.59 Å². The van der Waals surface area contributed by atoms with Gasteiger partial charge >= 0.3 is 12.1 Å². The number of hydrogen-bond donors (Lipinski definition) is 2. The van der Waals surface area contributed by atoms with Crippen LogP contribution in [0.5, 0.6) is 0 Å². The van der Waals surface area contributed by atoms with E-state index < -0.39 is 18.1 Å². The predicted octanol–water partition coefficient (Wildman–Crippen LogP) is 2.33. The molecule has 2 rings (SSSR count). The molecule has 0 saturated carbocycles. The van der Waals surface area contributed by atoms with Gasteiger partial charge in [0.25, 0.3) is 0 Å². The summed E-state index contributed by atoms with van der Waals surface area (Å²) in [5.74, 6) is -1.19. The number of carbonyl (C=O) groups is 2. The molecule has 0 spiro atoms. The van der Waals surface area contributed by atoms with Crippen LogP contribution in [0.15, 0.2) is 53.3 Å². The van der Waals surface area contributed by atoms with Crippen molar-refractivity contribution in [2.45, 2.75) is 12.6 Å². The van der Waals surface area contributed by atoms with Crippen molar-refractivity contribution in [3.63, 3.8) is 0 Å². The third-order valence-corrected chi connectivity index (χ3v) is 2.60. The van der Waals surface area contributed by atoms with Crippen LogP contribution in [-0.2, 0) is 16.1 Å². The highest BCUT2D eigenvalue weighted by atomic mass is 16.5. The van der Waals surface area contributed by atoms with Crippen LogP contribution in [0.25, 0.3) is 0 Å². The van der Waals surface area contributed by atoms with Crippen molar-refractivity contribution in [2.24, 2.45) is 0 Å². The van der Waals surface area contributed by atoms with E-state index in [1.54, 1.807) is 12.1 Å². The third-order valence-electron chi connectivity index (χ3n) is 2.60. The molecule has 1 aromatic carbocycles. The molecule has 2 aromatic rings. The highest BCUT2D eigenvalue weighted by Crippen LogP contribution is 2.14. The van der Waals surface area contributed by atoms with Gasteiger partial charge in [0.2, 0.25) is 0 Å². The Labute approximate surface area is 115 Å². The molecule has 6 nitrogen and oxygen atoms in total. The zero-order chi connectivity index (χ0) is 14.4. The summed E-state index contributed by atoms with van der Waals surface area (Å²) in [5.41, 5.74) is 1.16. The van der Waals surface area contributed by atoms with Crippen molar-refractivity contribution in [3.05, 3.63) is 60.1 Å². The number of carbonyl (C=O) groups excluding carboxylic acids is 1. The largest absolute Gasteiger partial charge is 0.479 e. The number of furan rings is 1. The molecule has 20 heavy (non-hydrogen) atoms. The average molecular weight is 275 g/mol. The molecule has 6 heteroatoms. The van der Waals surface area contributed by atoms with Crippen LogP contribution in [0.2, 0.25) is 0 Å². The molecule has 0 aliphatic heterocycles. The zero-order valence-electron chi connectivity index (χ0n) is 10.5. The Bertz CT molecular complexity index is 565. The van der Waals surface area contributed by atoms with Gasteiger partial charge in [-0.15, -0.1) is 0 Å². The highest BCUT2D eigenvalue weighted by molar-refractivity contribution is 5.81. The number of rotatable bonds is 5. The lowest BCUT2D eigenvalue weighted by molar-refractivity contribution is -0.139. The van der Waals surface area contributed by atoms with Gasteiger partial charge < -0.3 is 19.6 Å². The van der Waals surface area contributed by atoms with Crippen LogP contribution in [0.4, 0.5) is 4.79 Å². The summed E-state index contributed by atoms with van der Waals surface area (Å²) in [6, 6.07) is 9.37. The second-order valence-electron chi connectivity index (χ2n) is 4.03. The summed E-state index contributed by atoms with van der Waals surface area (Å²) >= 11 is 0. The van der Waals surface area contributed by atoms with Crippen molar-refractivity contribution >= 4 is 12.1 Å². The molecule has 0 radical (unpaired) electrons. The first kappa shape index (κ1) is 13.7. The van der Waals surface area contributed by atoms with Gasteiger partial charge in [0.15, 0.2) is 6.04 Å². The van der Waals surface area contributed by atoms with Crippen LogP contribution < -0.4 is 5.32 Å². The Balaban J connectivity index is 1.91. The van der Waals surface area contributed by atoms with Gasteiger partial charge in [-0.3, -0.25) is 0 Å². The van der Waals surface area contributed by atoms with Crippen LogP contribution in [0.3, 0.4) is 0 Å². The Morgan fingerprint density at radius 1 is 1.25 bits per heavy atom. The molecule has 2 N–H and O–H groups in total. The van der Waals surface area contributed by atoms with Crippen LogP contribution in [0.1, 0.15) is 17.2 Å². The maximum atomic E-state index is 11.6. The molecule has 0 aliphatic carbocycles. The molecule has 1 unspecified atom stereocenters. The smallest absolute Gasteiger partial charge is 0.408 e. The fraction of sp³-hybridized carbons (Fsp3) is 0.143. The van der Waals surface area contributed by atoms with Gasteiger partial charge in [0.1, 0.15) is 6.61 Å². The fourth-order valence-electron chi connectivity index (χ4n) is 1.61. The lowest BCUT2D eigenvalue weighted by Crippen LogP contribution is -2.33. The van der Waals surface area contributed by atoms with E-state index in [1.807, 2.05) is 18.2 Å². The zero-order valence-corrected chi connectivity index (χ0v) is 10.5. The normalized spacial score (nSPS) is 11.6. The quantitative estimate of drug-likeness (QED) is 0.874. The third kappa shape index (κ3) is 3.61. The molecule has 1 heterocycles. The van der Waals surface area contributed by atoms with Gasteiger partial charge in [-0.1, -0.05) is 30.3 Å². The summed E-state index contributed by atoms with van der Waals surface area (Å²) in [6.07, 6.45) is 1.79. The van der Waals surface area contributed by atoms with Gasteiger partial charge in [-0.2, -0.15) is 0 Å². The molecule has 104 valence electrons. The van der Waals surface area contributed by atoms with E-state index in [4.69, 9.17) is 14.3 Å². The molecule has 0 fully saturated rings. The predicted molar refractivity (Wildman–Crippen MR) is 68.8 cm³/mol. The molecule has 0 bridgehead atoms. The lowest BCUT2D eigenvalue weighted by Gasteiger charge is -2.13. The van der Waals surface area contributed by atoms with Gasteiger partial charge in [0, 0.05) is 5.56 Å². The van der Waals surface area contributed by atoms with Crippen LogP contribution in [-0.4, -0.2) is 17.2 Å². The Hall–Kier alpha value is -2.76. The van der Waals surface area contributed by atoms with Crippen molar-refractivity contribution < 1.29 is 23.8 Å². The minimum Gasteiger partial charge on any atom is -0.479 e. The monoisotopic (exact) mass is 275 g/mol. The van der Waals surface area contributed by atoms with Crippen molar-refractivity contribution in [1.82, 2.24) is 5.32 Å². The minimum absolute atomic E-state index is 0.0738. The number of alkyl carbamates (subject to hydrolysis) is 1. The summed E-state index contributed by atoms with van der Waals surface area (Å²) < 4.78 is 9.76. The van der Waals surface area contributed by atoms with E-state index in [0.717, 1.165) is 5.56 Å². The first-order valence-electron chi connectivity index (χ1n) is 5.89. The number of ether oxygens (including phenoxy) is 1. The van der Waals surface area contributed by atoms with E-state index in [-0.39, 0.29) is 6.61 Å². The number of aliphatic carboxylic acids is 1. The Kier molecular flexibility index (Phi) is 4.39. The van der Waals surface area contributed by atoms with E-state index in [0.29, 0.717) is 5.56 Å². The van der Waals surface area contributed by atoms with Crippen molar-refractivity contribution in [1.29, 1.82) is 0 Å². The second kappa shape index (κ2) is 6.42. The van der Waals surface area contributed by atoms with E-state index in [9.17, 15) is 9.59 Å². The van der Waals surface area contributed by atoms with E-state index in [1.165, 1.54) is 18.6 Å². The van der Waals surface area contributed by atoms with E-state index in [2.05, 4.69) is 5.32 Å². The Morgan fingerprint density at radius 2 is 2.00 bits per heavy atom. The first-order valence-corrected chi connectivity index (χ1v) is 5.89. The molecular formula is C14H13NO5. The standard InChI is InChI=1S/C14H13NO5/c16-13(17)12(11-6-7-19-9-11)15-14(18)20-8-10-4-2-1-3-5-10/h1-7,9,12H,8H2,(H,15,18)(H,16,17). The first-order chi connectivity index (χ1) is 9.66. The Morgan fingerprint density at radius 3 is 2.60 bits per heavy atom. The van der Waals surface area contributed by atoms with Gasteiger partial charge in [0.05, 0.1) is 12.5 Å². The van der Waals surface area contributed by atoms with Crippen molar-refractivity contribution in [3.8, 4) is 0 Å². The number of benzene rings is 1. The summed E-state index contributed by atoms with van der Waals surface area (Å²) in [5, 5.41) is 11.3. The fourth-order valence-corrected chi connectivity index (χ4v) is 1.61. The van der Waals surface area contributed by atoms with E-state index >= 15 is 0 Å². The average Bonchev–Trinajstić information content (AvgIpc) is 2.97. The lowest BCUT2D eigenvalue weighted by atomic mass is 10.1. The van der Waals surface area contributed by atoms with Gasteiger partial charge in [-0.05, 0) is 11.6 Å².